The predicted octanol–water partition coefficient (Wildman–Crippen LogP) is 3.07. The Hall–Kier alpha value is -1.26. The Morgan fingerprint density at radius 3 is 2.57 bits per heavy atom. The van der Waals surface area contributed by atoms with Crippen LogP contribution in [-0.2, 0) is 4.74 Å². The van der Waals surface area contributed by atoms with Gasteiger partial charge in [0, 0.05) is 13.0 Å². The lowest BCUT2D eigenvalue weighted by Gasteiger charge is -2.40. The van der Waals surface area contributed by atoms with Crippen LogP contribution in [0.25, 0.3) is 0 Å². The van der Waals surface area contributed by atoms with Crippen molar-refractivity contribution in [2.45, 2.75) is 44.2 Å². The van der Waals surface area contributed by atoms with Gasteiger partial charge in [-0.25, -0.2) is 0 Å². The van der Waals surface area contributed by atoms with Crippen molar-refractivity contribution in [3.63, 3.8) is 0 Å². The Labute approximate surface area is 126 Å². The highest BCUT2D eigenvalue weighted by Crippen LogP contribution is 2.39. The number of hydrogen-bond donors (Lipinski definition) is 1. The molecule has 0 bridgehead atoms. The van der Waals surface area contributed by atoms with Crippen molar-refractivity contribution in [1.82, 2.24) is 5.32 Å². The Balaban J connectivity index is 1.88. The first-order chi connectivity index (χ1) is 10.2. The third kappa shape index (κ3) is 3.01. The molecule has 2 aliphatic rings. The molecule has 1 fully saturated rings. The predicted molar refractivity (Wildman–Crippen MR) is 82.1 cm³/mol. The van der Waals surface area contributed by atoms with Gasteiger partial charge < -0.3 is 19.5 Å². The molecule has 0 radical (unpaired) electrons. The van der Waals surface area contributed by atoms with Gasteiger partial charge in [-0.2, -0.15) is 0 Å². The highest BCUT2D eigenvalue weighted by atomic mass is 16.5. The van der Waals surface area contributed by atoms with Gasteiger partial charge >= 0.3 is 0 Å². The molecular formula is C17H25NO3. The number of benzene rings is 1. The van der Waals surface area contributed by atoms with Crippen LogP contribution >= 0.6 is 0 Å². The fourth-order valence-corrected chi connectivity index (χ4v) is 3.37. The molecule has 0 spiro atoms. The van der Waals surface area contributed by atoms with Gasteiger partial charge in [0.25, 0.3) is 0 Å². The summed E-state index contributed by atoms with van der Waals surface area (Å²) in [5.74, 6) is 1.70. The van der Waals surface area contributed by atoms with Gasteiger partial charge in [-0.3, -0.25) is 0 Å². The van der Waals surface area contributed by atoms with E-state index in [1.807, 2.05) is 13.1 Å². The van der Waals surface area contributed by atoms with E-state index in [4.69, 9.17) is 14.2 Å². The van der Waals surface area contributed by atoms with Crippen molar-refractivity contribution in [1.29, 1.82) is 0 Å². The van der Waals surface area contributed by atoms with Gasteiger partial charge in [-0.05, 0) is 50.9 Å². The molecule has 116 valence electrons. The number of likely N-dealkylation sites (N-methyl/N-ethyl adjacent to an activating group) is 1. The number of nitrogens with one attached hydrogen (secondary N) is 1. The molecule has 1 aromatic carbocycles. The van der Waals surface area contributed by atoms with E-state index >= 15 is 0 Å². The van der Waals surface area contributed by atoms with Crippen LogP contribution in [0, 0.1) is 0 Å². The third-order valence-electron chi connectivity index (χ3n) is 4.50. The van der Waals surface area contributed by atoms with Crippen LogP contribution in [0.4, 0.5) is 0 Å². The quantitative estimate of drug-likeness (QED) is 0.929. The second-order valence-electron chi connectivity index (χ2n) is 6.10. The van der Waals surface area contributed by atoms with Crippen molar-refractivity contribution in [2.24, 2.45) is 0 Å². The summed E-state index contributed by atoms with van der Waals surface area (Å²) in [5.41, 5.74) is 1.04. The molecule has 1 saturated heterocycles. The minimum Gasteiger partial charge on any atom is -0.490 e. The number of fused-ring (bicyclic) bond motifs is 1. The first-order valence-electron chi connectivity index (χ1n) is 7.94. The largest absolute Gasteiger partial charge is 0.490 e. The molecule has 0 amide bonds. The van der Waals surface area contributed by atoms with Crippen LogP contribution in [0.2, 0.25) is 0 Å². The summed E-state index contributed by atoms with van der Waals surface area (Å²) in [4.78, 5) is 0. The van der Waals surface area contributed by atoms with Crippen LogP contribution in [0.3, 0.4) is 0 Å². The first-order valence-corrected chi connectivity index (χ1v) is 7.94. The summed E-state index contributed by atoms with van der Waals surface area (Å²) in [6.45, 7) is 4.49. The monoisotopic (exact) mass is 291 g/mol. The van der Waals surface area contributed by atoms with Crippen molar-refractivity contribution in [3.05, 3.63) is 23.8 Å². The van der Waals surface area contributed by atoms with Crippen molar-refractivity contribution >= 4 is 0 Å². The van der Waals surface area contributed by atoms with E-state index < -0.39 is 0 Å². The van der Waals surface area contributed by atoms with Crippen molar-refractivity contribution in [3.8, 4) is 11.5 Å². The Morgan fingerprint density at radius 2 is 1.86 bits per heavy atom. The fraction of sp³-hybridized carbons (Fsp3) is 0.647. The van der Waals surface area contributed by atoms with Crippen LogP contribution in [-0.4, -0.2) is 32.5 Å². The smallest absolute Gasteiger partial charge is 0.161 e. The van der Waals surface area contributed by atoms with E-state index in [9.17, 15) is 0 Å². The zero-order valence-electron chi connectivity index (χ0n) is 13.0. The van der Waals surface area contributed by atoms with Crippen molar-refractivity contribution in [2.75, 3.05) is 26.9 Å². The van der Waals surface area contributed by atoms with Gasteiger partial charge in [-0.1, -0.05) is 6.07 Å². The van der Waals surface area contributed by atoms with Gasteiger partial charge in [0.05, 0.1) is 24.9 Å². The van der Waals surface area contributed by atoms with Crippen LogP contribution in [0.15, 0.2) is 18.2 Å². The molecule has 2 unspecified atom stereocenters. The molecular weight excluding hydrogens is 266 g/mol. The van der Waals surface area contributed by atoms with Crippen LogP contribution in [0.5, 0.6) is 11.5 Å². The second-order valence-corrected chi connectivity index (χ2v) is 6.10. The van der Waals surface area contributed by atoms with E-state index in [1.165, 1.54) is 12.0 Å². The third-order valence-corrected chi connectivity index (χ3v) is 4.50. The highest BCUT2D eigenvalue weighted by molar-refractivity contribution is 5.44. The van der Waals surface area contributed by atoms with E-state index in [0.29, 0.717) is 6.61 Å². The lowest BCUT2D eigenvalue weighted by molar-refractivity contribution is -0.0884. The molecule has 2 atom stereocenters. The van der Waals surface area contributed by atoms with Crippen LogP contribution in [0.1, 0.15) is 44.2 Å². The summed E-state index contributed by atoms with van der Waals surface area (Å²) in [7, 11) is 2.00. The maximum absolute atomic E-state index is 6.11. The lowest BCUT2D eigenvalue weighted by atomic mass is 9.84. The Morgan fingerprint density at radius 1 is 1.05 bits per heavy atom. The SMILES string of the molecule is CNC(c1ccc2c(c1)OCCCO2)C1(C)CCCCO1. The summed E-state index contributed by atoms with van der Waals surface area (Å²) in [5, 5.41) is 3.43. The number of hydrogen-bond acceptors (Lipinski definition) is 4. The standard InChI is InChI=1S/C17H25NO3/c1-17(8-3-4-11-21-17)16(18-2)13-6-7-14-15(12-13)20-10-5-9-19-14/h6-7,12,16,18H,3-5,8-11H2,1-2H3. The topological polar surface area (TPSA) is 39.7 Å². The minimum atomic E-state index is -0.160. The zero-order valence-corrected chi connectivity index (χ0v) is 13.0. The molecule has 0 saturated carbocycles. The molecule has 4 heteroatoms. The van der Waals surface area contributed by atoms with Gasteiger partial charge in [0.1, 0.15) is 0 Å². The average Bonchev–Trinajstić information content (AvgIpc) is 2.73. The summed E-state index contributed by atoms with van der Waals surface area (Å²) >= 11 is 0. The summed E-state index contributed by atoms with van der Waals surface area (Å²) in [6, 6.07) is 6.41. The molecule has 21 heavy (non-hydrogen) atoms. The van der Waals surface area contributed by atoms with Gasteiger partial charge in [0.15, 0.2) is 11.5 Å². The second kappa shape index (κ2) is 6.24. The van der Waals surface area contributed by atoms with Gasteiger partial charge in [-0.15, -0.1) is 0 Å². The number of ether oxygens (including phenoxy) is 3. The molecule has 2 aliphatic heterocycles. The van der Waals surface area contributed by atoms with E-state index in [1.54, 1.807) is 0 Å². The van der Waals surface area contributed by atoms with Crippen molar-refractivity contribution < 1.29 is 14.2 Å². The summed E-state index contributed by atoms with van der Waals surface area (Å²) in [6.07, 6.45) is 4.39. The molecule has 3 rings (SSSR count). The zero-order chi connectivity index (χ0) is 14.7. The molecule has 1 N–H and O–H groups in total. The Kier molecular flexibility index (Phi) is 4.36. The first kappa shape index (κ1) is 14.7. The minimum absolute atomic E-state index is 0.160. The molecule has 1 aromatic rings. The highest BCUT2D eigenvalue weighted by Gasteiger charge is 2.37. The molecule has 2 heterocycles. The van der Waals surface area contributed by atoms with E-state index in [-0.39, 0.29) is 11.6 Å². The average molecular weight is 291 g/mol. The maximum Gasteiger partial charge on any atom is 0.161 e. The van der Waals surface area contributed by atoms with Gasteiger partial charge in [0.2, 0.25) is 0 Å². The Bertz CT molecular complexity index is 483. The molecule has 4 nitrogen and oxygen atoms in total. The summed E-state index contributed by atoms with van der Waals surface area (Å²) < 4.78 is 17.6. The number of rotatable bonds is 3. The normalized spacial score (nSPS) is 27.0. The lowest BCUT2D eigenvalue weighted by Crippen LogP contribution is -2.44. The van der Waals surface area contributed by atoms with E-state index in [0.717, 1.165) is 44.0 Å². The fourth-order valence-electron chi connectivity index (χ4n) is 3.37. The van der Waals surface area contributed by atoms with E-state index in [2.05, 4.69) is 24.4 Å². The maximum atomic E-state index is 6.11. The van der Waals surface area contributed by atoms with Crippen LogP contribution < -0.4 is 14.8 Å². The molecule has 0 aromatic heterocycles. The molecule has 0 aliphatic carbocycles.